The minimum Gasteiger partial charge on any atom is -0.309 e. The van der Waals surface area contributed by atoms with Crippen LogP contribution in [0.1, 0.15) is 33.4 Å². The van der Waals surface area contributed by atoms with Gasteiger partial charge in [-0.15, -0.1) is 0 Å². The molecule has 30 aromatic rings. The summed E-state index contributed by atoms with van der Waals surface area (Å²) in [6, 6.07) is 171. The van der Waals surface area contributed by atoms with E-state index in [-0.39, 0.29) is 0 Å². The molecule has 30 rings (SSSR count). The fourth-order valence-electron chi connectivity index (χ4n) is 23.8. The van der Waals surface area contributed by atoms with Gasteiger partial charge in [-0.2, -0.15) is 31.6 Å². The predicted octanol–water partition coefficient (Wildman–Crippen LogP) is 32.2. The van der Waals surface area contributed by atoms with Crippen LogP contribution in [0.3, 0.4) is 0 Å². The molecule has 0 atom stereocenters. The van der Waals surface area contributed by atoms with Gasteiger partial charge in [0.25, 0.3) is 0 Å². The molecule has 0 aliphatic carbocycles. The third kappa shape index (κ3) is 12.4. The van der Waals surface area contributed by atoms with Crippen molar-refractivity contribution < 1.29 is 0 Å². The number of nitriles is 6. The molecule has 678 valence electrons. The van der Waals surface area contributed by atoms with Gasteiger partial charge in [0.1, 0.15) is 12.1 Å². The van der Waals surface area contributed by atoms with Crippen molar-refractivity contribution in [1.82, 2.24) is 41.1 Å². The summed E-state index contributed by atoms with van der Waals surface area (Å²) in [5.41, 5.74) is 31.9. The topological polar surface area (TPSA) is 187 Å². The van der Waals surface area contributed by atoms with E-state index < -0.39 is 0 Å². The SMILES string of the molecule is N#Cc1ccc2c(c1)c1c(ccc3c4ccc5c(c6ccccc6n5-c5ccccc5C#N)c4n(-c4ccccc4)c31)n2-c1ccccc1.N#Cc1cccc(-n2c3c(ccc4c3c3ccccc3n4-c3ccccc3)c3ccc4c(c5cc(C#N)ccc5n4-c4ccccc4)c32)c1.N#Cc1cccc(-n2c3ccccc3c3c2ccc2c4ccc5c(c6cccc(C#N)c6n5-c5ccccc5)c4n(-c4ccccc4)c23)c1. The number of fused-ring (bicyclic) bond motifs is 33. The standard InChI is InChI=1S/3C44H25N5/c45-26-28-19-22-38-35(25-28)42-39(47(38)30-12-3-1-4-13-30)23-20-33-32-21-24-40-41(43(32)48(44(33)42)31-14-5-2-6-15-31)34-16-8-10-18-37(34)49(40)36-17-9-7-11-29(36)27-46;45-26-28-11-9-17-32(25-28)47-37-20-8-7-18-35(37)40-38(47)23-21-33-34-22-24-39-41(44(34)49(43(33)40)31-15-5-2-6-16-31)36-19-10-12-29(27-46)42(36)48(39)30-13-3-1-4-14-30;45-26-28-10-9-15-32(24-28)49-43-33(19-22-39-41(43)35-16-7-8-17-37(35)47(39)30-11-3-1-4-12-30)34-20-23-40-42(44(34)49)36-25-29(27-46)18-21-38(36)48(40)31-13-5-2-6-14-31/h3*1-25H. The first-order valence-electron chi connectivity index (χ1n) is 48.7. The van der Waals surface area contributed by atoms with Crippen LogP contribution in [0.25, 0.3) is 247 Å². The number of aromatic nitrogens is 9. The summed E-state index contributed by atoms with van der Waals surface area (Å²) in [5, 5.41) is 80.3. The summed E-state index contributed by atoms with van der Waals surface area (Å²) in [7, 11) is 0. The second-order valence-corrected chi connectivity index (χ2v) is 37.2. The molecule has 0 radical (unpaired) electrons. The number of hydrogen-bond acceptors (Lipinski definition) is 6. The Balaban J connectivity index is 0.000000107. The highest BCUT2D eigenvalue weighted by Gasteiger charge is 2.32. The van der Waals surface area contributed by atoms with Crippen molar-refractivity contribution in [1.29, 1.82) is 31.6 Å². The van der Waals surface area contributed by atoms with Crippen molar-refractivity contribution in [2.75, 3.05) is 0 Å². The first-order chi connectivity index (χ1) is 72.8. The molecule has 0 amide bonds. The van der Waals surface area contributed by atoms with E-state index in [2.05, 4.69) is 393 Å². The Labute approximate surface area is 839 Å². The molecule has 0 aliphatic rings. The van der Waals surface area contributed by atoms with E-state index in [1.807, 2.05) is 140 Å². The van der Waals surface area contributed by atoms with Crippen molar-refractivity contribution >= 4 is 196 Å². The van der Waals surface area contributed by atoms with Gasteiger partial charge < -0.3 is 41.1 Å². The average molecular weight is 1870 g/mol. The highest BCUT2D eigenvalue weighted by atomic mass is 15.1. The Morgan fingerprint density at radius 1 is 0.129 bits per heavy atom. The van der Waals surface area contributed by atoms with Crippen molar-refractivity contribution in [3.05, 3.63) is 488 Å². The van der Waals surface area contributed by atoms with Gasteiger partial charge in [0, 0.05) is 142 Å². The summed E-state index contributed by atoms with van der Waals surface area (Å²) >= 11 is 0. The molecule has 21 aromatic carbocycles. The molecular formula is C132H75N15. The molecule has 147 heavy (non-hydrogen) atoms. The molecule has 9 heterocycles. The highest BCUT2D eigenvalue weighted by molar-refractivity contribution is 6.36. The molecule has 15 nitrogen and oxygen atoms in total. The fourth-order valence-corrected chi connectivity index (χ4v) is 23.8. The van der Waals surface area contributed by atoms with Crippen LogP contribution in [0.15, 0.2) is 455 Å². The van der Waals surface area contributed by atoms with E-state index in [0.717, 1.165) is 247 Å². The molecule has 0 aliphatic heterocycles. The lowest BCUT2D eigenvalue weighted by atomic mass is 10.0. The lowest BCUT2D eigenvalue weighted by Gasteiger charge is -2.11. The molecule has 0 unspecified atom stereocenters. The zero-order valence-corrected chi connectivity index (χ0v) is 78.5. The van der Waals surface area contributed by atoms with E-state index in [0.29, 0.717) is 33.4 Å². The summed E-state index contributed by atoms with van der Waals surface area (Å²) in [6.07, 6.45) is 0. The molecule has 0 saturated carbocycles. The van der Waals surface area contributed by atoms with Crippen LogP contribution in [0.4, 0.5) is 0 Å². The number of nitrogens with zero attached hydrogens (tertiary/aromatic N) is 15. The molecule has 0 bridgehead atoms. The van der Waals surface area contributed by atoms with Crippen LogP contribution in [0.5, 0.6) is 0 Å². The smallest absolute Gasteiger partial charge is 0.101 e. The summed E-state index contributed by atoms with van der Waals surface area (Å²) in [5.74, 6) is 0. The van der Waals surface area contributed by atoms with E-state index in [4.69, 9.17) is 0 Å². The highest BCUT2D eigenvalue weighted by Crippen LogP contribution is 2.53. The van der Waals surface area contributed by atoms with Gasteiger partial charge >= 0.3 is 0 Å². The maximum Gasteiger partial charge on any atom is 0.101 e. The summed E-state index contributed by atoms with van der Waals surface area (Å²) in [4.78, 5) is 0. The van der Waals surface area contributed by atoms with Gasteiger partial charge in [-0.05, 0) is 218 Å². The monoisotopic (exact) mass is 1870 g/mol. The largest absolute Gasteiger partial charge is 0.309 e. The second kappa shape index (κ2) is 33.2. The van der Waals surface area contributed by atoms with Crippen LogP contribution in [0.2, 0.25) is 0 Å². The van der Waals surface area contributed by atoms with Crippen molar-refractivity contribution in [2.45, 2.75) is 0 Å². The number of hydrogen-bond donors (Lipinski definition) is 0. The molecule has 0 N–H and O–H groups in total. The summed E-state index contributed by atoms with van der Waals surface area (Å²) < 4.78 is 20.9. The van der Waals surface area contributed by atoms with Gasteiger partial charge in [0.15, 0.2) is 0 Å². The van der Waals surface area contributed by atoms with Crippen molar-refractivity contribution in [3.8, 4) is 87.6 Å². The molecule has 0 fully saturated rings. The third-order valence-corrected chi connectivity index (χ3v) is 29.6. The van der Waals surface area contributed by atoms with Gasteiger partial charge in [0.2, 0.25) is 0 Å². The Bertz CT molecular complexity index is 11200. The maximum atomic E-state index is 10.4. The number of para-hydroxylation sites is 11. The Morgan fingerprint density at radius 3 is 0.735 bits per heavy atom. The van der Waals surface area contributed by atoms with Gasteiger partial charge in [0.05, 0.1) is 163 Å². The second-order valence-electron chi connectivity index (χ2n) is 37.2. The van der Waals surface area contributed by atoms with Crippen LogP contribution >= 0.6 is 0 Å². The number of benzene rings is 21. The maximum absolute atomic E-state index is 10.4. The van der Waals surface area contributed by atoms with E-state index in [1.165, 1.54) is 0 Å². The van der Waals surface area contributed by atoms with Crippen LogP contribution in [-0.4, -0.2) is 41.1 Å². The Hall–Kier alpha value is -21.2. The molecular weight excluding hydrogens is 1800 g/mol. The van der Waals surface area contributed by atoms with Crippen molar-refractivity contribution in [2.24, 2.45) is 0 Å². The van der Waals surface area contributed by atoms with Gasteiger partial charge in [-0.25, -0.2) is 0 Å². The molecule has 0 spiro atoms. The lowest BCUT2D eigenvalue weighted by molar-refractivity contribution is 1.16. The predicted molar refractivity (Wildman–Crippen MR) is 597 cm³/mol. The van der Waals surface area contributed by atoms with Crippen LogP contribution in [0, 0.1) is 68.0 Å². The third-order valence-electron chi connectivity index (χ3n) is 29.6. The first-order valence-corrected chi connectivity index (χ1v) is 48.7. The number of rotatable bonds is 9. The lowest BCUT2D eigenvalue weighted by Crippen LogP contribution is -1.97. The molecule has 15 heteroatoms. The van der Waals surface area contributed by atoms with E-state index in [1.54, 1.807) is 0 Å². The van der Waals surface area contributed by atoms with Gasteiger partial charge in [-0.1, -0.05) is 237 Å². The minimum absolute atomic E-state index is 0.594. The zero-order valence-electron chi connectivity index (χ0n) is 78.5. The Kier molecular flexibility index (Phi) is 19.0. The quantitative estimate of drug-likeness (QED) is 0.138. The molecule has 0 saturated heterocycles. The first kappa shape index (κ1) is 83.9. The minimum atomic E-state index is 0.594. The average Bonchev–Trinajstić information content (AvgIpc) is 1.53. The normalized spacial score (nSPS) is 11.6. The van der Waals surface area contributed by atoms with Crippen molar-refractivity contribution in [3.63, 3.8) is 0 Å². The molecule has 9 aromatic heterocycles. The van der Waals surface area contributed by atoms with Crippen LogP contribution in [-0.2, 0) is 0 Å². The summed E-state index contributed by atoms with van der Waals surface area (Å²) in [6.45, 7) is 0. The fraction of sp³-hybridized carbons (Fsp3) is 0. The zero-order chi connectivity index (χ0) is 97.9. The Morgan fingerprint density at radius 2 is 0.367 bits per heavy atom. The van der Waals surface area contributed by atoms with Crippen LogP contribution < -0.4 is 0 Å². The van der Waals surface area contributed by atoms with E-state index in [9.17, 15) is 31.6 Å². The van der Waals surface area contributed by atoms with Gasteiger partial charge in [-0.3, -0.25) is 0 Å². The van der Waals surface area contributed by atoms with E-state index >= 15 is 0 Å².